The maximum atomic E-state index is 13.8. The third kappa shape index (κ3) is 1.27. The molecule has 2 heterocycles. The molecule has 0 radical (unpaired) electrons. The van der Waals surface area contributed by atoms with E-state index >= 15 is 0 Å². The van der Waals surface area contributed by atoms with E-state index in [0.29, 0.717) is 22.0 Å². The van der Waals surface area contributed by atoms with Crippen molar-refractivity contribution in [1.82, 2.24) is 4.98 Å². The lowest BCUT2D eigenvalue weighted by atomic mass is 10.1. The zero-order valence-corrected chi connectivity index (χ0v) is 8.90. The SMILES string of the molecule is O=c1[nH]c2cc(Cl)cc(F)c2c2c1COC2. The molecule has 3 rings (SSSR count). The van der Waals surface area contributed by atoms with Crippen molar-refractivity contribution in [2.75, 3.05) is 0 Å². The smallest absolute Gasteiger partial charge is 0.254 e. The Hall–Kier alpha value is -1.39. The zero-order chi connectivity index (χ0) is 11.3. The third-order valence-corrected chi connectivity index (χ3v) is 2.95. The Balaban J connectivity index is 2.53. The van der Waals surface area contributed by atoms with Crippen molar-refractivity contribution in [3.63, 3.8) is 0 Å². The molecule has 1 aliphatic rings. The van der Waals surface area contributed by atoms with Crippen LogP contribution in [0.4, 0.5) is 4.39 Å². The summed E-state index contributed by atoms with van der Waals surface area (Å²) in [4.78, 5) is 14.3. The molecule has 82 valence electrons. The van der Waals surface area contributed by atoms with E-state index in [1.807, 2.05) is 0 Å². The van der Waals surface area contributed by atoms with E-state index in [1.165, 1.54) is 6.07 Å². The summed E-state index contributed by atoms with van der Waals surface area (Å²) < 4.78 is 18.9. The fourth-order valence-electron chi connectivity index (χ4n) is 2.03. The van der Waals surface area contributed by atoms with E-state index in [2.05, 4.69) is 4.98 Å². The number of hydrogen-bond acceptors (Lipinski definition) is 2. The van der Waals surface area contributed by atoms with Crippen molar-refractivity contribution in [2.45, 2.75) is 13.2 Å². The number of nitrogens with one attached hydrogen (secondary N) is 1. The monoisotopic (exact) mass is 239 g/mol. The first-order valence-corrected chi connectivity index (χ1v) is 5.15. The highest BCUT2D eigenvalue weighted by Crippen LogP contribution is 2.28. The van der Waals surface area contributed by atoms with Gasteiger partial charge in [-0.2, -0.15) is 0 Å². The standard InChI is InChI=1S/C11H7ClFNO2/c12-5-1-8(13)10-6-3-16-4-7(6)11(15)14-9(10)2-5/h1-2H,3-4H2,(H,14,15). The number of aromatic nitrogens is 1. The van der Waals surface area contributed by atoms with Crippen LogP contribution in [-0.2, 0) is 18.0 Å². The van der Waals surface area contributed by atoms with Crippen molar-refractivity contribution < 1.29 is 9.13 Å². The molecule has 0 atom stereocenters. The second kappa shape index (κ2) is 3.30. The summed E-state index contributed by atoms with van der Waals surface area (Å²) in [6.07, 6.45) is 0. The van der Waals surface area contributed by atoms with Crippen LogP contribution in [0.1, 0.15) is 11.1 Å². The maximum absolute atomic E-state index is 13.8. The second-order valence-corrected chi connectivity index (χ2v) is 4.15. The average molecular weight is 240 g/mol. The van der Waals surface area contributed by atoms with Crippen molar-refractivity contribution in [2.24, 2.45) is 0 Å². The van der Waals surface area contributed by atoms with E-state index in [1.54, 1.807) is 6.07 Å². The van der Waals surface area contributed by atoms with Crippen LogP contribution >= 0.6 is 11.6 Å². The Kier molecular flexibility index (Phi) is 2.02. The number of hydrogen-bond donors (Lipinski definition) is 1. The van der Waals surface area contributed by atoms with E-state index in [4.69, 9.17) is 16.3 Å². The molecule has 16 heavy (non-hydrogen) atoms. The summed E-state index contributed by atoms with van der Waals surface area (Å²) in [5, 5.41) is 0.663. The van der Waals surface area contributed by atoms with Crippen molar-refractivity contribution in [1.29, 1.82) is 0 Å². The van der Waals surface area contributed by atoms with Gasteiger partial charge in [0.15, 0.2) is 0 Å². The van der Waals surface area contributed by atoms with Gasteiger partial charge in [-0.3, -0.25) is 4.79 Å². The minimum atomic E-state index is -0.430. The van der Waals surface area contributed by atoms with Crippen molar-refractivity contribution >= 4 is 22.5 Å². The number of rotatable bonds is 0. The molecular weight excluding hydrogens is 233 g/mol. The molecule has 0 bridgehead atoms. The first kappa shape index (κ1) is 9.81. The largest absolute Gasteiger partial charge is 0.372 e. The molecule has 1 aromatic heterocycles. The molecule has 3 nitrogen and oxygen atoms in total. The number of aromatic amines is 1. The van der Waals surface area contributed by atoms with Crippen LogP contribution in [0.2, 0.25) is 5.02 Å². The summed E-state index contributed by atoms with van der Waals surface area (Å²) in [5.41, 5.74) is 1.32. The first-order chi connectivity index (χ1) is 7.66. The van der Waals surface area contributed by atoms with Crippen LogP contribution in [0.25, 0.3) is 10.9 Å². The minimum absolute atomic E-state index is 0.235. The molecule has 0 spiro atoms. The highest BCUT2D eigenvalue weighted by atomic mass is 35.5. The Morgan fingerprint density at radius 2 is 2.06 bits per heavy atom. The lowest BCUT2D eigenvalue weighted by molar-refractivity contribution is 0.134. The Morgan fingerprint density at radius 3 is 2.88 bits per heavy atom. The minimum Gasteiger partial charge on any atom is -0.372 e. The summed E-state index contributed by atoms with van der Waals surface area (Å²) >= 11 is 5.73. The van der Waals surface area contributed by atoms with Crippen LogP contribution in [-0.4, -0.2) is 4.98 Å². The molecular formula is C11H7ClFNO2. The topological polar surface area (TPSA) is 42.1 Å². The lowest BCUT2D eigenvalue weighted by Gasteiger charge is -2.05. The first-order valence-electron chi connectivity index (χ1n) is 4.77. The van der Waals surface area contributed by atoms with Gasteiger partial charge in [0.2, 0.25) is 0 Å². The van der Waals surface area contributed by atoms with Gasteiger partial charge in [-0.25, -0.2) is 4.39 Å². The van der Waals surface area contributed by atoms with Gasteiger partial charge in [0.25, 0.3) is 5.56 Å². The number of pyridine rings is 1. The summed E-state index contributed by atoms with van der Waals surface area (Å²) in [6.45, 7) is 0.511. The summed E-state index contributed by atoms with van der Waals surface area (Å²) in [5.74, 6) is -0.430. The van der Waals surface area contributed by atoms with E-state index in [0.717, 1.165) is 0 Å². The quantitative estimate of drug-likeness (QED) is 0.767. The summed E-state index contributed by atoms with van der Waals surface area (Å²) in [7, 11) is 0. The normalized spacial score (nSPS) is 14.4. The molecule has 0 amide bonds. The highest BCUT2D eigenvalue weighted by molar-refractivity contribution is 6.31. The molecule has 0 saturated carbocycles. The van der Waals surface area contributed by atoms with Crippen LogP contribution < -0.4 is 5.56 Å². The molecule has 5 heteroatoms. The molecule has 0 unspecified atom stereocenters. The number of ether oxygens (including phenoxy) is 1. The van der Waals surface area contributed by atoms with Gasteiger partial charge in [0.1, 0.15) is 5.82 Å². The predicted octanol–water partition coefficient (Wildman–Crippen LogP) is 2.35. The van der Waals surface area contributed by atoms with E-state index in [-0.39, 0.29) is 23.8 Å². The highest BCUT2D eigenvalue weighted by Gasteiger charge is 2.20. The average Bonchev–Trinajstić information content (AvgIpc) is 2.65. The van der Waals surface area contributed by atoms with Gasteiger partial charge in [-0.1, -0.05) is 11.6 Å². The van der Waals surface area contributed by atoms with Gasteiger partial charge >= 0.3 is 0 Å². The van der Waals surface area contributed by atoms with E-state index in [9.17, 15) is 9.18 Å². The van der Waals surface area contributed by atoms with Gasteiger partial charge in [-0.15, -0.1) is 0 Å². The maximum Gasteiger partial charge on any atom is 0.254 e. The Labute approximate surface area is 94.8 Å². The predicted molar refractivity (Wildman–Crippen MR) is 58.0 cm³/mol. The Morgan fingerprint density at radius 1 is 1.31 bits per heavy atom. The Bertz CT molecular complexity index is 650. The van der Waals surface area contributed by atoms with Gasteiger partial charge < -0.3 is 9.72 Å². The van der Waals surface area contributed by atoms with Crippen LogP contribution in [0.5, 0.6) is 0 Å². The number of fused-ring (bicyclic) bond motifs is 3. The molecule has 0 saturated heterocycles. The summed E-state index contributed by atoms with van der Waals surface area (Å²) in [6, 6.07) is 2.78. The van der Waals surface area contributed by atoms with Gasteiger partial charge in [0.05, 0.1) is 18.7 Å². The van der Waals surface area contributed by atoms with Gasteiger partial charge in [-0.05, 0) is 12.1 Å². The second-order valence-electron chi connectivity index (χ2n) is 3.71. The fourth-order valence-corrected chi connectivity index (χ4v) is 2.24. The van der Waals surface area contributed by atoms with Gasteiger partial charge in [0, 0.05) is 21.5 Å². The van der Waals surface area contributed by atoms with Crippen LogP contribution in [0, 0.1) is 5.82 Å². The van der Waals surface area contributed by atoms with Crippen molar-refractivity contribution in [3.8, 4) is 0 Å². The fraction of sp³-hybridized carbons (Fsp3) is 0.182. The third-order valence-electron chi connectivity index (χ3n) is 2.74. The molecule has 2 aromatic rings. The number of benzene rings is 1. The molecule has 1 N–H and O–H groups in total. The molecule has 0 aliphatic carbocycles. The molecule has 1 aliphatic heterocycles. The molecule has 1 aromatic carbocycles. The van der Waals surface area contributed by atoms with Crippen LogP contribution in [0.3, 0.4) is 0 Å². The lowest BCUT2D eigenvalue weighted by Crippen LogP contribution is -2.13. The van der Waals surface area contributed by atoms with Crippen molar-refractivity contribution in [3.05, 3.63) is 44.5 Å². The molecule has 0 fully saturated rings. The van der Waals surface area contributed by atoms with Crippen LogP contribution in [0.15, 0.2) is 16.9 Å². The number of halogens is 2. The van der Waals surface area contributed by atoms with E-state index < -0.39 is 5.82 Å². The number of H-pyrrole nitrogens is 1. The zero-order valence-electron chi connectivity index (χ0n) is 8.14.